The van der Waals surface area contributed by atoms with Crippen LogP contribution in [-0.4, -0.2) is 36.0 Å². The molecule has 0 bridgehead atoms. The molecule has 138 valence electrons. The third-order valence-electron chi connectivity index (χ3n) is 4.24. The van der Waals surface area contributed by atoms with Gasteiger partial charge in [0.15, 0.2) is 17.1 Å². The van der Waals surface area contributed by atoms with Crippen LogP contribution in [0.3, 0.4) is 0 Å². The third-order valence-corrected chi connectivity index (χ3v) is 4.24. The zero-order valence-corrected chi connectivity index (χ0v) is 14.3. The summed E-state index contributed by atoms with van der Waals surface area (Å²) in [6, 6.07) is 15.8. The van der Waals surface area contributed by atoms with Gasteiger partial charge in [-0.2, -0.15) is 13.9 Å². The molecule has 3 aromatic heterocycles. The Morgan fingerprint density at radius 2 is 1.71 bits per heavy atom. The Morgan fingerprint density at radius 1 is 0.929 bits per heavy atom. The van der Waals surface area contributed by atoms with Gasteiger partial charge in [-0.25, -0.2) is 19.2 Å². The number of halogens is 2. The van der Waals surface area contributed by atoms with Crippen molar-refractivity contribution in [1.82, 2.24) is 29.4 Å². The van der Waals surface area contributed by atoms with Crippen LogP contribution in [0, 0.1) is 0 Å². The van der Waals surface area contributed by atoms with E-state index in [4.69, 9.17) is 0 Å². The summed E-state index contributed by atoms with van der Waals surface area (Å²) in [5, 5.41) is 9.60. The van der Waals surface area contributed by atoms with Gasteiger partial charge in [0.1, 0.15) is 12.1 Å². The fourth-order valence-electron chi connectivity index (χ4n) is 2.99. The Bertz CT molecular complexity index is 1260. The number of alkyl halides is 2. The number of para-hydroxylation sites is 1. The molecule has 5 rings (SSSR count). The molecule has 0 aliphatic heterocycles. The molecule has 0 radical (unpaired) electrons. The Morgan fingerprint density at radius 3 is 2.46 bits per heavy atom. The Balaban J connectivity index is 1.58. The van der Waals surface area contributed by atoms with Gasteiger partial charge in [0.25, 0.3) is 0 Å². The quantitative estimate of drug-likeness (QED) is 0.477. The molecular formula is C19H12F2N6O. The molecule has 9 heteroatoms. The summed E-state index contributed by atoms with van der Waals surface area (Å²) in [5.41, 5.74) is 2.84. The van der Waals surface area contributed by atoms with Crippen molar-refractivity contribution in [2.45, 2.75) is 6.61 Å². The van der Waals surface area contributed by atoms with Crippen molar-refractivity contribution in [1.29, 1.82) is 0 Å². The molecule has 5 aromatic rings. The van der Waals surface area contributed by atoms with E-state index in [9.17, 15) is 8.78 Å². The standard InChI is InChI=1S/C19H12F2N6O/c20-19(21)28-14-8-6-12(7-9-14)16-24-18-15-10-23-27(13-4-2-1-3-5-13)17(15)22-11-26(18)25-16/h1-11,19H. The summed E-state index contributed by atoms with van der Waals surface area (Å²) in [6.07, 6.45) is 3.27. The number of ether oxygens (including phenoxy) is 1. The van der Waals surface area contributed by atoms with Gasteiger partial charge < -0.3 is 4.74 Å². The number of hydrogen-bond donors (Lipinski definition) is 0. The number of aromatic nitrogens is 6. The zero-order valence-electron chi connectivity index (χ0n) is 14.3. The Labute approximate surface area is 156 Å². The first-order chi connectivity index (χ1) is 13.7. The van der Waals surface area contributed by atoms with E-state index in [1.807, 2.05) is 30.3 Å². The molecule has 0 unspecified atom stereocenters. The minimum absolute atomic E-state index is 0.0794. The monoisotopic (exact) mass is 378 g/mol. The summed E-state index contributed by atoms with van der Waals surface area (Å²) in [5.74, 6) is 0.529. The SMILES string of the molecule is FC(F)Oc1ccc(-c2nc3c4cnn(-c5ccccc5)c4ncn3n2)cc1. The molecule has 0 aliphatic rings. The number of nitrogens with zero attached hydrogens (tertiary/aromatic N) is 6. The average molecular weight is 378 g/mol. The van der Waals surface area contributed by atoms with E-state index >= 15 is 0 Å². The van der Waals surface area contributed by atoms with E-state index in [-0.39, 0.29) is 5.75 Å². The molecule has 0 aliphatic carbocycles. The maximum atomic E-state index is 12.3. The minimum atomic E-state index is -2.86. The number of hydrogen-bond acceptors (Lipinski definition) is 5. The van der Waals surface area contributed by atoms with Crippen molar-refractivity contribution >= 4 is 16.7 Å². The second-order valence-corrected chi connectivity index (χ2v) is 5.98. The molecule has 0 fully saturated rings. The normalized spacial score (nSPS) is 11.5. The summed E-state index contributed by atoms with van der Waals surface area (Å²) >= 11 is 0. The lowest BCUT2D eigenvalue weighted by Crippen LogP contribution is -2.01. The maximum Gasteiger partial charge on any atom is 0.387 e. The molecule has 3 heterocycles. The van der Waals surface area contributed by atoms with Crippen molar-refractivity contribution < 1.29 is 13.5 Å². The van der Waals surface area contributed by atoms with Crippen LogP contribution in [0.2, 0.25) is 0 Å². The highest BCUT2D eigenvalue weighted by atomic mass is 19.3. The molecule has 0 N–H and O–H groups in total. The Hall–Kier alpha value is -3.88. The third kappa shape index (κ3) is 2.73. The second kappa shape index (κ2) is 6.38. The zero-order chi connectivity index (χ0) is 19.1. The first kappa shape index (κ1) is 16.3. The van der Waals surface area contributed by atoms with Gasteiger partial charge in [0, 0.05) is 5.56 Å². The fourth-order valence-corrected chi connectivity index (χ4v) is 2.99. The van der Waals surface area contributed by atoms with Gasteiger partial charge >= 0.3 is 6.61 Å². The predicted octanol–water partition coefficient (Wildman–Crippen LogP) is 3.73. The molecule has 0 amide bonds. The fraction of sp³-hybridized carbons (Fsp3) is 0.0526. The van der Waals surface area contributed by atoms with E-state index in [1.165, 1.54) is 12.1 Å². The van der Waals surface area contributed by atoms with Gasteiger partial charge in [-0.3, -0.25) is 0 Å². The molecular weight excluding hydrogens is 366 g/mol. The predicted molar refractivity (Wildman–Crippen MR) is 97.5 cm³/mol. The summed E-state index contributed by atoms with van der Waals surface area (Å²) < 4.78 is 32.3. The van der Waals surface area contributed by atoms with Crippen LogP contribution >= 0.6 is 0 Å². The molecule has 0 atom stereocenters. The van der Waals surface area contributed by atoms with Crippen molar-refractivity contribution in [3.63, 3.8) is 0 Å². The lowest BCUT2D eigenvalue weighted by molar-refractivity contribution is -0.0498. The van der Waals surface area contributed by atoms with E-state index < -0.39 is 6.61 Å². The van der Waals surface area contributed by atoms with Gasteiger partial charge in [-0.15, -0.1) is 5.10 Å². The van der Waals surface area contributed by atoms with Crippen LogP contribution in [0.1, 0.15) is 0 Å². The van der Waals surface area contributed by atoms with Crippen LogP contribution in [-0.2, 0) is 0 Å². The average Bonchev–Trinajstić information content (AvgIpc) is 3.32. The van der Waals surface area contributed by atoms with Crippen LogP contribution in [0.15, 0.2) is 67.1 Å². The lowest BCUT2D eigenvalue weighted by Gasteiger charge is -2.03. The van der Waals surface area contributed by atoms with Crippen molar-refractivity contribution in [3.8, 4) is 22.8 Å². The second-order valence-electron chi connectivity index (χ2n) is 5.98. The smallest absolute Gasteiger partial charge is 0.387 e. The van der Waals surface area contributed by atoms with E-state index in [2.05, 4.69) is 24.9 Å². The van der Waals surface area contributed by atoms with Gasteiger partial charge in [-0.1, -0.05) is 18.2 Å². The van der Waals surface area contributed by atoms with E-state index in [1.54, 1.807) is 33.9 Å². The summed E-state index contributed by atoms with van der Waals surface area (Å²) in [6.45, 7) is -2.86. The molecule has 0 saturated heterocycles. The van der Waals surface area contributed by atoms with Crippen molar-refractivity contribution in [3.05, 3.63) is 67.1 Å². The van der Waals surface area contributed by atoms with Crippen LogP contribution in [0.4, 0.5) is 8.78 Å². The number of rotatable bonds is 4. The van der Waals surface area contributed by atoms with Crippen LogP contribution < -0.4 is 4.74 Å². The van der Waals surface area contributed by atoms with E-state index in [0.717, 1.165) is 11.1 Å². The van der Waals surface area contributed by atoms with Gasteiger partial charge in [0.2, 0.25) is 0 Å². The summed E-state index contributed by atoms with van der Waals surface area (Å²) in [4.78, 5) is 9.04. The lowest BCUT2D eigenvalue weighted by atomic mass is 10.2. The van der Waals surface area contributed by atoms with Gasteiger partial charge in [0.05, 0.1) is 17.3 Å². The van der Waals surface area contributed by atoms with Crippen molar-refractivity contribution in [2.75, 3.05) is 0 Å². The summed E-state index contributed by atoms with van der Waals surface area (Å²) in [7, 11) is 0. The van der Waals surface area contributed by atoms with Crippen LogP contribution in [0.5, 0.6) is 5.75 Å². The highest BCUT2D eigenvalue weighted by Crippen LogP contribution is 2.24. The number of benzene rings is 2. The molecule has 2 aromatic carbocycles. The molecule has 0 spiro atoms. The Kier molecular flexibility index (Phi) is 3.71. The maximum absolute atomic E-state index is 12.3. The molecule has 28 heavy (non-hydrogen) atoms. The van der Waals surface area contributed by atoms with Crippen LogP contribution in [0.25, 0.3) is 33.8 Å². The molecule has 0 saturated carbocycles. The largest absolute Gasteiger partial charge is 0.435 e. The topological polar surface area (TPSA) is 70.1 Å². The highest BCUT2D eigenvalue weighted by Gasteiger charge is 2.14. The first-order valence-corrected chi connectivity index (χ1v) is 8.39. The number of fused-ring (bicyclic) bond motifs is 3. The minimum Gasteiger partial charge on any atom is -0.435 e. The molecule has 7 nitrogen and oxygen atoms in total. The van der Waals surface area contributed by atoms with Gasteiger partial charge in [-0.05, 0) is 36.4 Å². The van der Waals surface area contributed by atoms with Crippen molar-refractivity contribution in [2.24, 2.45) is 0 Å². The van der Waals surface area contributed by atoms with E-state index in [0.29, 0.717) is 22.7 Å². The first-order valence-electron chi connectivity index (χ1n) is 8.39. The highest BCUT2D eigenvalue weighted by molar-refractivity contribution is 5.89.